The van der Waals surface area contributed by atoms with E-state index in [4.69, 9.17) is 11.6 Å². The molecule has 4 aromatic rings. The van der Waals surface area contributed by atoms with E-state index in [9.17, 15) is 17.6 Å². The Labute approximate surface area is 226 Å². The van der Waals surface area contributed by atoms with Crippen LogP contribution in [0.5, 0.6) is 0 Å². The summed E-state index contributed by atoms with van der Waals surface area (Å²) in [4.78, 5) is 18.5. The number of nitrogens with zero attached hydrogens (tertiary/aromatic N) is 1. The summed E-state index contributed by atoms with van der Waals surface area (Å²) in [6.07, 6.45) is 1.56. The first-order chi connectivity index (χ1) is 18.1. The number of piperidine rings is 1. The molecule has 2 N–H and O–H groups in total. The Hall–Kier alpha value is -3.36. The highest BCUT2D eigenvalue weighted by Gasteiger charge is 2.31. The molecule has 3 aromatic carbocycles. The lowest BCUT2D eigenvalue weighted by molar-refractivity contribution is 0.0937. The number of aromatic amines is 1. The predicted octanol–water partition coefficient (Wildman–Crippen LogP) is 6.06. The summed E-state index contributed by atoms with van der Waals surface area (Å²) in [7, 11) is -4.04. The first-order valence-electron chi connectivity index (χ1n) is 12.6. The fourth-order valence-electron chi connectivity index (χ4n) is 5.20. The number of H-pyrrole nitrogens is 1. The molecule has 5 rings (SSSR count). The van der Waals surface area contributed by atoms with Gasteiger partial charge < -0.3 is 15.2 Å². The lowest BCUT2D eigenvalue weighted by Crippen LogP contribution is -2.39. The molecule has 198 valence electrons. The van der Waals surface area contributed by atoms with Crippen molar-refractivity contribution in [2.75, 3.05) is 24.5 Å². The van der Waals surface area contributed by atoms with E-state index in [1.54, 1.807) is 42.5 Å². The molecule has 0 radical (unpaired) electrons. The highest BCUT2D eigenvalue weighted by molar-refractivity contribution is 7.91. The number of aromatic nitrogens is 1. The van der Waals surface area contributed by atoms with Crippen LogP contribution in [0.2, 0.25) is 5.02 Å². The molecule has 1 aliphatic rings. The van der Waals surface area contributed by atoms with Crippen molar-refractivity contribution in [3.8, 4) is 0 Å². The Bertz CT molecular complexity index is 1610. The van der Waals surface area contributed by atoms with Crippen molar-refractivity contribution in [1.82, 2.24) is 10.3 Å². The van der Waals surface area contributed by atoms with Gasteiger partial charge in [0, 0.05) is 35.6 Å². The Balaban J connectivity index is 1.38. The number of carbonyl (C=O) groups is 1. The van der Waals surface area contributed by atoms with Crippen LogP contribution in [0.3, 0.4) is 0 Å². The van der Waals surface area contributed by atoms with Gasteiger partial charge in [0.05, 0.1) is 10.6 Å². The molecule has 0 spiro atoms. The van der Waals surface area contributed by atoms with Crippen LogP contribution in [0.4, 0.5) is 10.1 Å². The number of anilines is 1. The molecule has 2 heterocycles. The Morgan fingerprint density at radius 2 is 1.74 bits per heavy atom. The van der Waals surface area contributed by atoms with Gasteiger partial charge in [0.1, 0.15) is 16.4 Å². The van der Waals surface area contributed by atoms with Gasteiger partial charge in [-0.05, 0) is 86.2 Å². The zero-order valence-electron chi connectivity index (χ0n) is 21.2. The third-order valence-corrected chi connectivity index (χ3v) is 9.13. The third-order valence-electron chi connectivity index (χ3n) is 7.07. The van der Waals surface area contributed by atoms with E-state index in [0.717, 1.165) is 24.0 Å². The van der Waals surface area contributed by atoms with Crippen molar-refractivity contribution in [3.63, 3.8) is 0 Å². The van der Waals surface area contributed by atoms with Crippen molar-refractivity contribution in [2.45, 2.75) is 36.5 Å². The molecule has 6 nitrogen and oxygen atoms in total. The Morgan fingerprint density at radius 1 is 1.05 bits per heavy atom. The van der Waals surface area contributed by atoms with E-state index >= 15 is 0 Å². The first-order valence-corrected chi connectivity index (χ1v) is 14.4. The number of hydrogen-bond donors (Lipinski definition) is 2. The van der Waals surface area contributed by atoms with Gasteiger partial charge in [0.2, 0.25) is 9.84 Å². The number of carbonyl (C=O) groups excluding carboxylic acids is 1. The van der Waals surface area contributed by atoms with Gasteiger partial charge in [0.15, 0.2) is 0 Å². The minimum absolute atomic E-state index is 0.00906. The minimum Gasteiger partial charge on any atom is -0.369 e. The normalized spacial score (nSPS) is 14.7. The number of fused-ring (bicyclic) bond motifs is 1. The number of rotatable bonds is 6. The fourth-order valence-corrected chi connectivity index (χ4v) is 7.16. The lowest BCUT2D eigenvalue weighted by Gasteiger charge is -2.33. The molecule has 0 atom stereocenters. The van der Waals surface area contributed by atoms with E-state index in [0.29, 0.717) is 41.2 Å². The van der Waals surface area contributed by atoms with Crippen LogP contribution in [0, 0.1) is 25.6 Å². The number of sulfone groups is 1. The van der Waals surface area contributed by atoms with Crippen LogP contribution in [-0.2, 0) is 9.84 Å². The Kier molecular flexibility index (Phi) is 7.20. The van der Waals surface area contributed by atoms with Crippen LogP contribution in [0.25, 0.3) is 10.9 Å². The summed E-state index contributed by atoms with van der Waals surface area (Å²) in [5.41, 5.74) is 2.72. The number of hydrogen-bond acceptors (Lipinski definition) is 4. The summed E-state index contributed by atoms with van der Waals surface area (Å²) in [6, 6.07) is 16.7. The van der Waals surface area contributed by atoms with Gasteiger partial charge in [-0.2, -0.15) is 0 Å². The van der Waals surface area contributed by atoms with Crippen molar-refractivity contribution < 1.29 is 17.6 Å². The number of para-hydroxylation sites is 1. The molecule has 0 bridgehead atoms. The first kappa shape index (κ1) is 26.3. The lowest BCUT2D eigenvalue weighted by atomic mass is 9.96. The molecule has 0 saturated carbocycles. The highest BCUT2D eigenvalue weighted by Crippen LogP contribution is 2.34. The zero-order valence-corrected chi connectivity index (χ0v) is 22.8. The Morgan fingerprint density at radius 3 is 2.42 bits per heavy atom. The second kappa shape index (κ2) is 10.4. The smallest absolute Gasteiger partial charge is 0.269 e. The molecule has 1 saturated heterocycles. The average Bonchev–Trinajstić information content (AvgIpc) is 3.27. The van der Waals surface area contributed by atoms with E-state index in [1.807, 2.05) is 30.9 Å². The summed E-state index contributed by atoms with van der Waals surface area (Å²) < 4.78 is 41.9. The molecule has 38 heavy (non-hydrogen) atoms. The monoisotopic (exact) mass is 553 g/mol. The van der Waals surface area contributed by atoms with Gasteiger partial charge in [-0.3, -0.25) is 4.79 Å². The minimum atomic E-state index is -4.04. The topological polar surface area (TPSA) is 82.3 Å². The molecular weight excluding hydrogens is 525 g/mol. The maximum Gasteiger partial charge on any atom is 0.269 e. The molecular formula is C29H29ClFN3O3S. The zero-order chi connectivity index (χ0) is 27.0. The summed E-state index contributed by atoms with van der Waals surface area (Å²) in [5.74, 6) is -0.534. The standard InChI is InChI=1S/C29H29ClFN3O3S/c1-18-13-19(2)15-22(14-18)38(36,37)28-23-16-21(30)7-8-25(23)33-27(28)29(35)32-17-20-9-11-34(12-10-20)26-6-4-3-5-24(26)31/h3-8,13-16,20,33H,9-12,17H2,1-2H3,(H,32,35). The maximum atomic E-state index is 14.2. The van der Waals surface area contributed by atoms with Gasteiger partial charge in [-0.15, -0.1) is 0 Å². The molecule has 1 fully saturated rings. The van der Waals surface area contributed by atoms with Crippen LogP contribution in [-0.4, -0.2) is 38.9 Å². The number of benzene rings is 3. The van der Waals surface area contributed by atoms with Crippen LogP contribution >= 0.6 is 11.6 Å². The third kappa shape index (κ3) is 5.15. The van der Waals surface area contributed by atoms with Crippen LogP contribution < -0.4 is 10.2 Å². The van der Waals surface area contributed by atoms with Gasteiger partial charge in [0.25, 0.3) is 5.91 Å². The molecule has 1 aliphatic heterocycles. The fraction of sp³-hybridized carbons (Fsp3) is 0.276. The second-order valence-electron chi connectivity index (χ2n) is 9.94. The number of amides is 1. The van der Waals surface area contributed by atoms with Crippen molar-refractivity contribution in [3.05, 3.63) is 88.3 Å². The summed E-state index contributed by atoms with van der Waals surface area (Å²) >= 11 is 6.22. The molecule has 1 amide bonds. The highest BCUT2D eigenvalue weighted by atomic mass is 35.5. The van der Waals surface area contributed by atoms with Crippen molar-refractivity contribution in [2.24, 2.45) is 5.92 Å². The second-order valence-corrected chi connectivity index (χ2v) is 12.3. The van der Waals surface area contributed by atoms with E-state index < -0.39 is 15.7 Å². The quantitative estimate of drug-likeness (QED) is 0.304. The summed E-state index contributed by atoms with van der Waals surface area (Å²) in [6.45, 7) is 5.42. The molecule has 0 unspecified atom stereocenters. The SMILES string of the molecule is Cc1cc(C)cc(S(=O)(=O)c2c(C(=O)NCC3CCN(c4ccccc4F)CC3)[nH]c3ccc(Cl)cc23)c1. The van der Waals surface area contributed by atoms with E-state index in [2.05, 4.69) is 10.3 Å². The maximum absolute atomic E-state index is 14.2. The molecule has 0 aliphatic carbocycles. The predicted molar refractivity (Wildman–Crippen MR) is 148 cm³/mol. The van der Waals surface area contributed by atoms with Crippen LogP contribution in [0.1, 0.15) is 34.5 Å². The van der Waals surface area contributed by atoms with Crippen molar-refractivity contribution >= 4 is 43.9 Å². The van der Waals surface area contributed by atoms with Crippen molar-refractivity contribution in [1.29, 1.82) is 0 Å². The number of nitrogens with one attached hydrogen (secondary N) is 2. The van der Waals surface area contributed by atoms with E-state index in [-0.39, 0.29) is 27.2 Å². The van der Waals surface area contributed by atoms with E-state index in [1.165, 1.54) is 6.07 Å². The number of halogens is 2. The summed E-state index contributed by atoms with van der Waals surface area (Å²) in [5, 5.41) is 3.69. The molecule has 9 heteroatoms. The average molecular weight is 554 g/mol. The number of aryl methyl sites for hydroxylation is 2. The van der Waals surface area contributed by atoms with Gasteiger partial charge in [-0.1, -0.05) is 29.8 Å². The largest absolute Gasteiger partial charge is 0.369 e. The molecule has 1 aromatic heterocycles. The van der Waals surface area contributed by atoms with Gasteiger partial charge >= 0.3 is 0 Å². The van der Waals surface area contributed by atoms with Gasteiger partial charge in [-0.25, -0.2) is 12.8 Å². The van der Waals surface area contributed by atoms with Crippen LogP contribution in [0.15, 0.2) is 70.5 Å².